The molecular weight excluding hydrogens is 288 g/mol. The Bertz CT molecular complexity index is 558. The third-order valence-corrected chi connectivity index (χ3v) is 4.89. The van der Waals surface area contributed by atoms with E-state index < -0.39 is 10.0 Å². The summed E-state index contributed by atoms with van der Waals surface area (Å²) in [5.41, 5.74) is 0.924. The molecule has 0 bridgehead atoms. The Morgan fingerprint density at radius 2 is 2.10 bits per heavy atom. The summed E-state index contributed by atoms with van der Waals surface area (Å²) in [6, 6.07) is 7.79. The summed E-state index contributed by atoms with van der Waals surface area (Å²) in [6.45, 7) is 5.35. The van der Waals surface area contributed by atoms with Crippen LogP contribution < -0.4 is 14.8 Å². The standard InChI is InChI=1S/C15H24N2O3S/c1-12(2)16-9-5-11-21(18,19)17-14-8-10-20-15-7-4-3-6-13(14)15/h3-4,6-7,12,14,16-17H,5,8-11H2,1-2H3. The number of rotatable bonds is 7. The zero-order chi connectivity index (χ0) is 15.3. The second kappa shape index (κ2) is 7.24. The molecule has 0 radical (unpaired) electrons. The summed E-state index contributed by atoms with van der Waals surface area (Å²) in [5.74, 6) is 0.921. The van der Waals surface area contributed by atoms with Crippen molar-refractivity contribution in [1.82, 2.24) is 10.0 Å². The Balaban J connectivity index is 1.92. The van der Waals surface area contributed by atoms with Gasteiger partial charge in [-0.1, -0.05) is 32.0 Å². The number of nitrogens with one attached hydrogen (secondary N) is 2. The van der Waals surface area contributed by atoms with E-state index in [0.29, 0.717) is 32.0 Å². The van der Waals surface area contributed by atoms with Gasteiger partial charge in [0, 0.05) is 18.0 Å². The van der Waals surface area contributed by atoms with Crippen molar-refractivity contribution >= 4 is 10.0 Å². The highest BCUT2D eigenvalue weighted by Gasteiger charge is 2.25. The first-order valence-electron chi connectivity index (χ1n) is 7.43. The lowest BCUT2D eigenvalue weighted by atomic mass is 10.0. The van der Waals surface area contributed by atoms with Crippen LogP contribution >= 0.6 is 0 Å². The van der Waals surface area contributed by atoms with Gasteiger partial charge < -0.3 is 10.1 Å². The summed E-state index contributed by atoms with van der Waals surface area (Å²) in [7, 11) is -3.27. The van der Waals surface area contributed by atoms with Crippen molar-refractivity contribution in [2.75, 3.05) is 18.9 Å². The molecule has 0 spiro atoms. The zero-order valence-corrected chi connectivity index (χ0v) is 13.4. The highest BCUT2D eigenvalue weighted by Crippen LogP contribution is 2.31. The van der Waals surface area contributed by atoms with Gasteiger partial charge in [0.15, 0.2) is 0 Å². The lowest BCUT2D eigenvalue weighted by molar-refractivity contribution is 0.263. The Hall–Kier alpha value is -1.11. The number of fused-ring (bicyclic) bond motifs is 1. The minimum atomic E-state index is -3.27. The molecule has 1 aromatic carbocycles. The fourth-order valence-corrected chi connectivity index (χ4v) is 3.71. The fraction of sp³-hybridized carbons (Fsp3) is 0.600. The maximum Gasteiger partial charge on any atom is 0.212 e. The maximum absolute atomic E-state index is 12.2. The van der Waals surface area contributed by atoms with E-state index in [2.05, 4.69) is 10.0 Å². The smallest absolute Gasteiger partial charge is 0.212 e. The van der Waals surface area contributed by atoms with Crippen molar-refractivity contribution in [1.29, 1.82) is 0 Å². The molecular formula is C15H24N2O3S. The average molecular weight is 312 g/mol. The van der Waals surface area contributed by atoms with Gasteiger partial charge >= 0.3 is 0 Å². The Morgan fingerprint density at radius 1 is 1.33 bits per heavy atom. The third-order valence-electron chi connectivity index (χ3n) is 3.42. The number of benzene rings is 1. The minimum absolute atomic E-state index is 0.145. The van der Waals surface area contributed by atoms with Crippen LogP contribution in [-0.4, -0.2) is 33.4 Å². The summed E-state index contributed by atoms with van der Waals surface area (Å²) in [6.07, 6.45) is 1.28. The highest BCUT2D eigenvalue weighted by molar-refractivity contribution is 7.89. The number of sulfonamides is 1. The molecule has 1 unspecified atom stereocenters. The first-order valence-corrected chi connectivity index (χ1v) is 9.08. The molecule has 0 saturated carbocycles. The molecule has 0 fully saturated rings. The molecule has 21 heavy (non-hydrogen) atoms. The molecule has 0 saturated heterocycles. The van der Waals surface area contributed by atoms with Crippen molar-refractivity contribution in [2.24, 2.45) is 0 Å². The normalized spacial score (nSPS) is 18.3. The van der Waals surface area contributed by atoms with Crippen LogP contribution in [0.15, 0.2) is 24.3 Å². The molecule has 1 aromatic rings. The lowest BCUT2D eigenvalue weighted by Crippen LogP contribution is -2.35. The Kier molecular flexibility index (Phi) is 5.61. The first kappa shape index (κ1) is 16.3. The summed E-state index contributed by atoms with van der Waals surface area (Å²) in [4.78, 5) is 0. The summed E-state index contributed by atoms with van der Waals surface area (Å²) < 4.78 is 32.7. The SMILES string of the molecule is CC(C)NCCCS(=O)(=O)NC1CCOc2ccccc21. The van der Waals surface area contributed by atoms with Crippen molar-refractivity contribution in [3.8, 4) is 5.75 Å². The molecule has 1 heterocycles. The second-order valence-corrected chi connectivity index (χ2v) is 7.50. The van der Waals surface area contributed by atoms with Gasteiger partial charge in [0.1, 0.15) is 5.75 Å². The van der Waals surface area contributed by atoms with Gasteiger partial charge in [0.25, 0.3) is 0 Å². The van der Waals surface area contributed by atoms with Crippen LogP contribution in [-0.2, 0) is 10.0 Å². The summed E-state index contributed by atoms with van der Waals surface area (Å²) >= 11 is 0. The fourth-order valence-electron chi connectivity index (χ4n) is 2.39. The van der Waals surface area contributed by atoms with Crippen molar-refractivity contribution in [2.45, 2.75) is 38.8 Å². The number of para-hydroxylation sites is 1. The molecule has 5 nitrogen and oxygen atoms in total. The predicted octanol–water partition coefficient (Wildman–Crippen LogP) is 1.82. The molecule has 118 valence electrons. The van der Waals surface area contributed by atoms with Crippen LogP contribution in [0.2, 0.25) is 0 Å². The number of ether oxygens (including phenoxy) is 1. The summed E-state index contributed by atoms with van der Waals surface area (Å²) in [5, 5.41) is 3.23. The zero-order valence-electron chi connectivity index (χ0n) is 12.6. The molecule has 0 aliphatic carbocycles. The molecule has 1 aliphatic rings. The van der Waals surface area contributed by atoms with Gasteiger partial charge in [0.05, 0.1) is 18.4 Å². The van der Waals surface area contributed by atoms with Crippen LogP contribution in [0, 0.1) is 0 Å². The van der Waals surface area contributed by atoms with Gasteiger partial charge in [-0.15, -0.1) is 0 Å². The van der Waals surface area contributed by atoms with E-state index in [4.69, 9.17) is 4.74 Å². The molecule has 0 amide bonds. The quantitative estimate of drug-likeness (QED) is 0.754. The van der Waals surface area contributed by atoms with E-state index in [1.54, 1.807) is 0 Å². The van der Waals surface area contributed by atoms with Crippen molar-refractivity contribution in [3.63, 3.8) is 0 Å². The van der Waals surface area contributed by atoms with Gasteiger partial charge in [-0.05, 0) is 19.0 Å². The first-order chi connectivity index (χ1) is 9.98. The Morgan fingerprint density at radius 3 is 2.86 bits per heavy atom. The van der Waals surface area contributed by atoms with E-state index in [1.165, 1.54) is 0 Å². The van der Waals surface area contributed by atoms with Gasteiger partial charge in [0.2, 0.25) is 10.0 Å². The number of hydrogen-bond donors (Lipinski definition) is 2. The van der Waals surface area contributed by atoms with Crippen LogP contribution in [0.4, 0.5) is 0 Å². The average Bonchev–Trinajstić information content (AvgIpc) is 2.44. The monoisotopic (exact) mass is 312 g/mol. The van der Waals surface area contributed by atoms with E-state index in [0.717, 1.165) is 11.3 Å². The van der Waals surface area contributed by atoms with E-state index in [1.807, 2.05) is 38.1 Å². The molecule has 2 rings (SSSR count). The van der Waals surface area contributed by atoms with Gasteiger partial charge in [-0.2, -0.15) is 0 Å². The number of hydrogen-bond acceptors (Lipinski definition) is 4. The van der Waals surface area contributed by atoms with E-state index in [9.17, 15) is 8.42 Å². The predicted molar refractivity (Wildman–Crippen MR) is 84.0 cm³/mol. The molecule has 0 aromatic heterocycles. The highest BCUT2D eigenvalue weighted by atomic mass is 32.2. The third kappa shape index (κ3) is 4.98. The topological polar surface area (TPSA) is 67.4 Å². The molecule has 1 aliphatic heterocycles. The van der Waals surface area contributed by atoms with Crippen molar-refractivity contribution < 1.29 is 13.2 Å². The maximum atomic E-state index is 12.2. The van der Waals surface area contributed by atoms with Crippen LogP contribution in [0.25, 0.3) is 0 Å². The van der Waals surface area contributed by atoms with Crippen molar-refractivity contribution in [3.05, 3.63) is 29.8 Å². The van der Waals surface area contributed by atoms with Crippen LogP contribution in [0.1, 0.15) is 38.3 Å². The lowest BCUT2D eigenvalue weighted by Gasteiger charge is -2.26. The molecule has 1 atom stereocenters. The minimum Gasteiger partial charge on any atom is -0.493 e. The van der Waals surface area contributed by atoms with Gasteiger partial charge in [-0.3, -0.25) is 0 Å². The molecule has 6 heteroatoms. The largest absolute Gasteiger partial charge is 0.493 e. The van der Waals surface area contributed by atoms with Crippen LogP contribution in [0.3, 0.4) is 0 Å². The van der Waals surface area contributed by atoms with E-state index in [-0.39, 0.29) is 11.8 Å². The van der Waals surface area contributed by atoms with Crippen LogP contribution in [0.5, 0.6) is 5.75 Å². The second-order valence-electron chi connectivity index (χ2n) is 5.63. The van der Waals surface area contributed by atoms with E-state index >= 15 is 0 Å². The Labute approximate surface area is 127 Å². The van der Waals surface area contributed by atoms with Gasteiger partial charge in [-0.25, -0.2) is 13.1 Å². The molecule has 2 N–H and O–H groups in total.